The molecule has 9 heteroatoms. The molecule has 0 saturated heterocycles. The van der Waals surface area contributed by atoms with E-state index in [4.69, 9.17) is 4.74 Å². The topological polar surface area (TPSA) is 106 Å². The molecule has 1 fully saturated rings. The highest BCUT2D eigenvalue weighted by atomic mass is 32.2. The van der Waals surface area contributed by atoms with Crippen LogP contribution in [0.3, 0.4) is 0 Å². The third-order valence-electron chi connectivity index (χ3n) is 4.45. The van der Waals surface area contributed by atoms with Crippen molar-refractivity contribution in [2.75, 3.05) is 12.9 Å². The van der Waals surface area contributed by atoms with E-state index in [0.717, 1.165) is 24.2 Å². The lowest BCUT2D eigenvalue weighted by Gasteiger charge is -2.07. The summed E-state index contributed by atoms with van der Waals surface area (Å²) in [6.07, 6.45) is 2.28. The number of thioether (sulfide) groups is 1. The van der Waals surface area contributed by atoms with Crippen molar-refractivity contribution in [3.05, 3.63) is 41.7 Å². The molecule has 8 nitrogen and oxygen atoms in total. The number of ether oxygens (including phenoxy) is 1. The van der Waals surface area contributed by atoms with Crippen molar-refractivity contribution >= 4 is 34.3 Å². The number of carbonyl (C=O) groups excluding carboxylic acids is 1. The van der Waals surface area contributed by atoms with Crippen LogP contribution in [0.4, 0.5) is 0 Å². The van der Waals surface area contributed by atoms with Gasteiger partial charge in [0, 0.05) is 13.0 Å². The lowest BCUT2D eigenvalue weighted by Crippen LogP contribution is -2.10. The summed E-state index contributed by atoms with van der Waals surface area (Å²) in [5, 5.41) is 19.7. The average molecular weight is 385 g/mol. The van der Waals surface area contributed by atoms with Gasteiger partial charge in [0.25, 0.3) is 0 Å². The summed E-state index contributed by atoms with van der Waals surface area (Å²) in [7, 11) is 3.19. The Bertz CT molecular complexity index is 1000. The van der Waals surface area contributed by atoms with Gasteiger partial charge in [0.2, 0.25) is 0 Å². The molecule has 0 atom stereocenters. The molecule has 0 bridgehead atoms. The van der Waals surface area contributed by atoms with Gasteiger partial charge < -0.3 is 19.4 Å². The van der Waals surface area contributed by atoms with E-state index in [1.807, 2.05) is 35.9 Å². The number of nitrogens with one attached hydrogen (secondary N) is 1. The highest BCUT2D eigenvalue weighted by molar-refractivity contribution is 7.99. The molecule has 2 heterocycles. The summed E-state index contributed by atoms with van der Waals surface area (Å²) >= 11 is 1.31. The number of nitrogens with zero attached hydrogens (tertiary/aromatic N) is 4. The van der Waals surface area contributed by atoms with Gasteiger partial charge >= 0.3 is 5.97 Å². The van der Waals surface area contributed by atoms with Gasteiger partial charge in [-0.3, -0.25) is 0 Å². The Hall–Kier alpha value is -2.81. The third kappa shape index (κ3) is 3.42. The fraction of sp³-hybridized carbons (Fsp3) is 0.333. The van der Waals surface area contributed by atoms with Gasteiger partial charge in [0.05, 0.1) is 23.9 Å². The zero-order valence-corrected chi connectivity index (χ0v) is 15.8. The molecule has 1 aromatic carbocycles. The second-order valence-corrected chi connectivity index (χ2v) is 7.32. The molecule has 0 aliphatic heterocycles. The van der Waals surface area contributed by atoms with Crippen molar-refractivity contribution in [1.82, 2.24) is 24.7 Å². The fourth-order valence-electron chi connectivity index (χ4n) is 2.88. The van der Waals surface area contributed by atoms with Crippen molar-refractivity contribution < 1.29 is 14.6 Å². The van der Waals surface area contributed by atoms with E-state index in [2.05, 4.69) is 20.2 Å². The fourth-order valence-corrected chi connectivity index (χ4v) is 3.67. The second kappa shape index (κ2) is 7.07. The maximum absolute atomic E-state index is 12.3. The number of aromatic amines is 1. The van der Waals surface area contributed by atoms with Crippen LogP contribution in [0.1, 0.15) is 30.4 Å². The van der Waals surface area contributed by atoms with E-state index >= 15 is 0 Å². The van der Waals surface area contributed by atoms with Gasteiger partial charge in [-0.2, -0.15) is 0 Å². The number of methoxy groups -OCH3 is 1. The van der Waals surface area contributed by atoms with Gasteiger partial charge in [-0.25, -0.2) is 9.78 Å². The Morgan fingerprint density at radius 2 is 2.15 bits per heavy atom. The number of imidazole rings is 1. The van der Waals surface area contributed by atoms with Crippen molar-refractivity contribution in [3.63, 3.8) is 0 Å². The van der Waals surface area contributed by atoms with E-state index < -0.39 is 5.97 Å². The second-order valence-electron chi connectivity index (χ2n) is 6.38. The maximum Gasteiger partial charge on any atom is 0.345 e. The maximum atomic E-state index is 12.3. The molecule has 0 radical (unpaired) electrons. The number of aliphatic hydroxyl groups is 1. The van der Waals surface area contributed by atoms with Gasteiger partial charge in [-0.1, -0.05) is 23.9 Å². The number of rotatable bonds is 6. The van der Waals surface area contributed by atoms with Crippen LogP contribution in [0.25, 0.3) is 16.6 Å². The van der Waals surface area contributed by atoms with E-state index in [1.165, 1.54) is 18.9 Å². The number of hydrogen-bond acceptors (Lipinski definition) is 7. The Morgan fingerprint density at radius 3 is 2.85 bits per heavy atom. The van der Waals surface area contributed by atoms with Crippen molar-refractivity contribution in [3.8, 4) is 0 Å². The first kappa shape index (κ1) is 17.6. The minimum absolute atomic E-state index is 0.0192. The minimum Gasteiger partial charge on any atom is -0.510 e. The first-order valence-corrected chi connectivity index (χ1v) is 9.54. The van der Waals surface area contributed by atoms with Crippen LogP contribution in [-0.2, 0) is 16.6 Å². The zero-order chi connectivity index (χ0) is 19.0. The van der Waals surface area contributed by atoms with Gasteiger partial charge in [0.1, 0.15) is 23.0 Å². The molecular formula is C18H19N5O3S. The summed E-state index contributed by atoms with van der Waals surface area (Å²) in [4.78, 5) is 19.7. The van der Waals surface area contributed by atoms with Crippen LogP contribution < -0.4 is 0 Å². The lowest BCUT2D eigenvalue weighted by atomic mass is 10.2. The van der Waals surface area contributed by atoms with Crippen LogP contribution in [0.15, 0.2) is 35.2 Å². The lowest BCUT2D eigenvalue weighted by molar-refractivity contribution is -0.133. The molecule has 0 unspecified atom stereocenters. The molecule has 0 spiro atoms. The standard InChI is InChI=1S/C18H19N5O3S/c1-23-16(10-7-8-10)21-22-18(23)27-9-13(24)14(17(25)26-2)15-19-11-5-3-4-6-12(11)20-15/h3-6,10,24H,7-9H2,1-2H3,(H,19,20). The quantitative estimate of drug-likeness (QED) is 0.291. The van der Waals surface area contributed by atoms with E-state index in [9.17, 15) is 9.90 Å². The Labute approximate surface area is 159 Å². The molecule has 1 aliphatic rings. The number of aromatic nitrogens is 5. The molecule has 140 valence electrons. The van der Waals surface area contributed by atoms with Crippen LogP contribution >= 0.6 is 11.8 Å². The van der Waals surface area contributed by atoms with Gasteiger partial charge in [-0.05, 0) is 25.0 Å². The van der Waals surface area contributed by atoms with E-state index in [-0.39, 0.29) is 22.9 Å². The first-order chi connectivity index (χ1) is 13.1. The molecule has 1 aliphatic carbocycles. The number of benzene rings is 1. The number of carbonyl (C=O) groups is 1. The van der Waals surface area contributed by atoms with Crippen LogP contribution in [0, 0.1) is 0 Å². The molecule has 2 aromatic heterocycles. The van der Waals surface area contributed by atoms with Crippen molar-refractivity contribution in [2.45, 2.75) is 23.9 Å². The van der Waals surface area contributed by atoms with Crippen molar-refractivity contribution in [1.29, 1.82) is 0 Å². The number of hydrogen-bond donors (Lipinski definition) is 2. The summed E-state index contributed by atoms with van der Waals surface area (Å²) in [5.41, 5.74) is 1.50. The zero-order valence-electron chi connectivity index (χ0n) is 15.0. The summed E-state index contributed by atoms with van der Waals surface area (Å²) < 4.78 is 6.78. The van der Waals surface area contributed by atoms with E-state index in [1.54, 1.807) is 0 Å². The van der Waals surface area contributed by atoms with Crippen LogP contribution in [-0.4, -0.2) is 48.7 Å². The van der Waals surface area contributed by atoms with Crippen molar-refractivity contribution in [2.24, 2.45) is 7.05 Å². The summed E-state index contributed by atoms with van der Waals surface area (Å²) in [5.74, 6) is 1.11. The summed E-state index contributed by atoms with van der Waals surface area (Å²) in [6, 6.07) is 7.41. The Morgan fingerprint density at radius 1 is 1.37 bits per heavy atom. The summed E-state index contributed by atoms with van der Waals surface area (Å²) in [6.45, 7) is 0. The predicted octanol–water partition coefficient (Wildman–Crippen LogP) is 2.80. The first-order valence-electron chi connectivity index (χ1n) is 8.56. The SMILES string of the molecule is COC(=O)C(=C(O)CSc1nnc(C2CC2)n1C)c1nc2ccccc2[nH]1. The molecule has 4 rings (SSSR count). The highest BCUT2D eigenvalue weighted by Gasteiger charge is 2.29. The average Bonchev–Trinajstić information content (AvgIpc) is 3.32. The largest absolute Gasteiger partial charge is 0.510 e. The number of esters is 1. The van der Waals surface area contributed by atoms with Gasteiger partial charge in [-0.15, -0.1) is 10.2 Å². The smallest absolute Gasteiger partial charge is 0.345 e. The van der Waals surface area contributed by atoms with Crippen LogP contribution in [0.2, 0.25) is 0 Å². The molecule has 1 saturated carbocycles. The monoisotopic (exact) mass is 385 g/mol. The molecule has 3 aromatic rings. The normalized spacial score (nSPS) is 15.0. The Kier molecular flexibility index (Phi) is 4.61. The molecule has 0 amide bonds. The molecule has 27 heavy (non-hydrogen) atoms. The molecular weight excluding hydrogens is 366 g/mol. The third-order valence-corrected chi connectivity index (χ3v) is 5.48. The van der Waals surface area contributed by atoms with E-state index in [0.29, 0.717) is 16.6 Å². The number of para-hydroxylation sites is 2. The van der Waals surface area contributed by atoms with Crippen LogP contribution in [0.5, 0.6) is 0 Å². The predicted molar refractivity (Wildman–Crippen MR) is 101 cm³/mol. The minimum atomic E-state index is -0.649. The molecule has 2 N–H and O–H groups in total. The number of fused-ring (bicyclic) bond motifs is 1. The number of aliphatic hydroxyl groups excluding tert-OH is 1. The van der Waals surface area contributed by atoms with Gasteiger partial charge in [0.15, 0.2) is 5.16 Å². The highest BCUT2D eigenvalue weighted by Crippen LogP contribution is 2.39. The number of H-pyrrole nitrogens is 1. The Balaban J connectivity index is 1.62.